The molecule has 0 spiro atoms. The lowest BCUT2D eigenvalue weighted by atomic mass is 10.2. The Bertz CT molecular complexity index is 1390. The second kappa shape index (κ2) is 9.38. The first-order chi connectivity index (χ1) is 15.5. The number of rotatable bonds is 5. The number of carbonyl (C=O) groups is 2. The van der Waals surface area contributed by atoms with Gasteiger partial charge < -0.3 is 0 Å². The fraction of sp³-hybridized carbons (Fsp3) is 0.0833. The van der Waals surface area contributed by atoms with Crippen molar-refractivity contribution in [3.05, 3.63) is 99.3 Å². The molecule has 2 amide bonds. The van der Waals surface area contributed by atoms with Crippen LogP contribution in [0.5, 0.6) is 0 Å². The average molecular weight is 464 g/mol. The lowest BCUT2D eigenvalue weighted by Crippen LogP contribution is -2.32. The number of hydrogen-bond donors (Lipinski definition) is 1. The van der Waals surface area contributed by atoms with E-state index < -0.39 is 11.8 Å². The highest BCUT2D eigenvalue weighted by Gasteiger charge is 2.18. The first kappa shape index (κ1) is 21.8. The molecule has 32 heavy (non-hydrogen) atoms. The number of para-hydroxylation sites is 1. The van der Waals surface area contributed by atoms with Gasteiger partial charge in [0.05, 0.1) is 22.3 Å². The summed E-state index contributed by atoms with van der Waals surface area (Å²) in [4.78, 5) is 42.6. The maximum Gasteiger partial charge on any atom is 0.266 e. The molecule has 0 unspecified atom stereocenters. The van der Waals surface area contributed by atoms with E-state index in [4.69, 9.17) is 11.6 Å². The van der Waals surface area contributed by atoms with Gasteiger partial charge in [-0.3, -0.25) is 24.3 Å². The first-order valence-electron chi connectivity index (χ1n) is 9.75. The molecule has 0 aliphatic carbocycles. The normalized spacial score (nSPS) is 10.8. The first-order valence-corrected chi connectivity index (χ1v) is 11.1. The Morgan fingerprint density at radius 1 is 1.00 bits per heavy atom. The van der Waals surface area contributed by atoms with Crippen molar-refractivity contribution in [2.45, 2.75) is 12.1 Å². The summed E-state index contributed by atoms with van der Waals surface area (Å²) in [6.07, 6.45) is 0. The number of nitrogens with zero attached hydrogens (tertiary/aromatic N) is 2. The summed E-state index contributed by atoms with van der Waals surface area (Å²) in [5, 5.41) is 3.67. The van der Waals surface area contributed by atoms with Gasteiger partial charge in [-0.2, -0.15) is 0 Å². The molecule has 0 saturated carbocycles. The van der Waals surface area contributed by atoms with Gasteiger partial charge in [-0.15, -0.1) is 0 Å². The van der Waals surface area contributed by atoms with Crippen molar-refractivity contribution >= 4 is 46.1 Å². The lowest BCUT2D eigenvalue weighted by molar-refractivity contribution is -0.117. The van der Waals surface area contributed by atoms with E-state index in [9.17, 15) is 14.4 Å². The number of hydrogen-bond acceptors (Lipinski definition) is 5. The molecule has 0 aliphatic heterocycles. The van der Waals surface area contributed by atoms with Gasteiger partial charge in [0.25, 0.3) is 11.5 Å². The highest BCUT2D eigenvalue weighted by Crippen LogP contribution is 2.26. The molecule has 0 bridgehead atoms. The molecule has 4 rings (SSSR count). The van der Waals surface area contributed by atoms with Crippen LogP contribution in [0.25, 0.3) is 16.6 Å². The lowest BCUT2D eigenvalue weighted by Gasteiger charge is -2.15. The van der Waals surface area contributed by atoms with Gasteiger partial charge in [-0.25, -0.2) is 4.98 Å². The molecule has 8 heteroatoms. The van der Waals surface area contributed by atoms with E-state index in [1.165, 1.54) is 4.57 Å². The van der Waals surface area contributed by atoms with Crippen LogP contribution in [0.3, 0.4) is 0 Å². The molecular formula is C24H18ClN3O3S. The Hall–Kier alpha value is -3.42. The minimum atomic E-state index is -0.486. The van der Waals surface area contributed by atoms with Gasteiger partial charge in [0.15, 0.2) is 5.16 Å². The summed E-state index contributed by atoms with van der Waals surface area (Å²) >= 11 is 7.36. The summed E-state index contributed by atoms with van der Waals surface area (Å²) in [6.45, 7) is 1.82. The number of benzene rings is 3. The van der Waals surface area contributed by atoms with Gasteiger partial charge in [0, 0.05) is 10.6 Å². The number of halogens is 1. The van der Waals surface area contributed by atoms with Gasteiger partial charge in [0.1, 0.15) is 0 Å². The van der Waals surface area contributed by atoms with Crippen molar-refractivity contribution in [1.29, 1.82) is 0 Å². The predicted molar refractivity (Wildman–Crippen MR) is 127 cm³/mol. The Kier molecular flexibility index (Phi) is 6.39. The Balaban J connectivity index is 1.67. The fourth-order valence-electron chi connectivity index (χ4n) is 3.21. The molecule has 0 saturated heterocycles. The molecule has 160 valence electrons. The smallest absolute Gasteiger partial charge is 0.266 e. The quantitative estimate of drug-likeness (QED) is 0.350. The van der Waals surface area contributed by atoms with Crippen LogP contribution in [0, 0.1) is 6.92 Å². The third kappa shape index (κ3) is 4.44. The van der Waals surface area contributed by atoms with Crippen LogP contribution in [0.1, 0.15) is 15.9 Å². The highest BCUT2D eigenvalue weighted by molar-refractivity contribution is 7.99. The van der Waals surface area contributed by atoms with Gasteiger partial charge in [0.2, 0.25) is 5.91 Å². The van der Waals surface area contributed by atoms with E-state index in [0.717, 1.165) is 17.3 Å². The molecule has 0 atom stereocenters. The summed E-state index contributed by atoms with van der Waals surface area (Å²) in [6, 6.07) is 20.8. The summed E-state index contributed by atoms with van der Waals surface area (Å²) < 4.78 is 1.46. The topological polar surface area (TPSA) is 81.1 Å². The van der Waals surface area contributed by atoms with E-state index in [0.29, 0.717) is 32.3 Å². The van der Waals surface area contributed by atoms with E-state index in [-0.39, 0.29) is 11.3 Å². The van der Waals surface area contributed by atoms with Gasteiger partial charge >= 0.3 is 0 Å². The molecule has 1 N–H and O–H groups in total. The highest BCUT2D eigenvalue weighted by atomic mass is 35.5. The summed E-state index contributed by atoms with van der Waals surface area (Å²) in [5.41, 5.74) is 1.96. The standard InChI is InChI=1S/C24H18ClN3O3S/c1-15-18(25)11-7-13-20(15)28-23(31)17-10-5-6-12-19(17)26-24(28)32-14-21(29)27-22(30)16-8-3-2-4-9-16/h2-13H,14H2,1H3,(H,27,29,30). The van der Waals surface area contributed by atoms with Crippen LogP contribution in [-0.4, -0.2) is 27.1 Å². The summed E-state index contributed by atoms with van der Waals surface area (Å²) in [5.74, 6) is -1.06. The zero-order valence-electron chi connectivity index (χ0n) is 17.0. The minimum Gasteiger partial charge on any atom is -0.292 e. The average Bonchev–Trinajstić information content (AvgIpc) is 2.80. The number of imide groups is 1. The van der Waals surface area contributed by atoms with E-state index in [1.54, 1.807) is 72.8 Å². The zero-order valence-corrected chi connectivity index (χ0v) is 18.6. The number of nitrogens with one attached hydrogen (secondary N) is 1. The fourth-order valence-corrected chi connectivity index (χ4v) is 4.19. The number of fused-ring (bicyclic) bond motifs is 1. The van der Waals surface area contributed by atoms with E-state index in [2.05, 4.69) is 10.3 Å². The molecular weight excluding hydrogens is 446 g/mol. The van der Waals surface area contributed by atoms with Crippen LogP contribution in [0.15, 0.2) is 82.7 Å². The third-order valence-electron chi connectivity index (χ3n) is 4.85. The van der Waals surface area contributed by atoms with Crippen molar-refractivity contribution in [2.75, 3.05) is 5.75 Å². The molecule has 6 nitrogen and oxygen atoms in total. The maximum atomic E-state index is 13.3. The molecule has 4 aromatic rings. The van der Waals surface area contributed by atoms with Crippen LogP contribution in [0.4, 0.5) is 0 Å². The largest absolute Gasteiger partial charge is 0.292 e. The van der Waals surface area contributed by atoms with Crippen molar-refractivity contribution in [3.8, 4) is 5.69 Å². The van der Waals surface area contributed by atoms with Crippen LogP contribution < -0.4 is 10.9 Å². The SMILES string of the molecule is Cc1c(Cl)cccc1-n1c(SCC(=O)NC(=O)c2ccccc2)nc2ccccc2c1=O. The van der Waals surface area contributed by atoms with Gasteiger partial charge in [-0.1, -0.05) is 59.8 Å². The van der Waals surface area contributed by atoms with E-state index >= 15 is 0 Å². The summed E-state index contributed by atoms with van der Waals surface area (Å²) in [7, 11) is 0. The van der Waals surface area contributed by atoms with Gasteiger partial charge in [-0.05, 0) is 48.9 Å². The zero-order chi connectivity index (χ0) is 22.7. The number of aromatic nitrogens is 2. The van der Waals surface area contributed by atoms with Crippen LogP contribution >= 0.6 is 23.4 Å². The molecule has 3 aromatic carbocycles. The number of thioether (sulfide) groups is 1. The maximum absolute atomic E-state index is 13.3. The number of amides is 2. The second-order valence-electron chi connectivity index (χ2n) is 6.97. The third-order valence-corrected chi connectivity index (χ3v) is 6.19. The number of carbonyl (C=O) groups excluding carboxylic acids is 2. The Morgan fingerprint density at radius 3 is 2.50 bits per heavy atom. The Morgan fingerprint density at radius 2 is 1.72 bits per heavy atom. The minimum absolute atomic E-state index is 0.0943. The van der Waals surface area contributed by atoms with Crippen molar-refractivity contribution < 1.29 is 9.59 Å². The monoisotopic (exact) mass is 463 g/mol. The van der Waals surface area contributed by atoms with Crippen LogP contribution in [0.2, 0.25) is 5.02 Å². The molecule has 0 fully saturated rings. The van der Waals surface area contributed by atoms with Crippen molar-refractivity contribution in [1.82, 2.24) is 14.9 Å². The predicted octanol–water partition coefficient (Wildman–Crippen LogP) is 4.40. The second-order valence-corrected chi connectivity index (χ2v) is 8.32. The van der Waals surface area contributed by atoms with Crippen LogP contribution in [-0.2, 0) is 4.79 Å². The molecule has 0 radical (unpaired) electrons. The Labute approximate surface area is 193 Å². The van der Waals surface area contributed by atoms with Crippen molar-refractivity contribution in [2.24, 2.45) is 0 Å². The van der Waals surface area contributed by atoms with E-state index in [1.807, 2.05) is 6.92 Å². The molecule has 0 aliphatic rings. The van der Waals surface area contributed by atoms with Crippen molar-refractivity contribution in [3.63, 3.8) is 0 Å². The molecule has 1 aromatic heterocycles. The molecule has 1 heterocycles.